The quantitative estimate of drug-likeness (QED) is 0.662. The molecule has 1 aromatic heterocycles. The van der Waals surface area contributed by atoms with Crippen LogP contribution in [0.5, 0.6) is 0 Å². The molecule has 0 aliphatic rings. The van der Waals surface area contributed by atoms with E-state index in [1.165, 1.54) is 4.88 Å². The Morgan fingerprint density at radius 2 is 2.16 bits per heavy atom. The van der Waals surface area contributed by atoms with E-state index in [9.17, 15) is 10.1 Å². The van der Waals surface area contributed by atoms with Crippen LogP contribution < -0.4 is 5.32 Å². The lowest BCUT2D eigenvalue weighted by atomic mass is 10.2. The van der Waals surface area contributed by atoms with Crippen LogP contribution in [0.2, 0.25) is 4.34 Å². The van der Waals surface area contributed by atoms with Gasteiger partial charge in [-0.15, -0.1) is 11.3 Å². The number of nitro benzene ring substituents is 1. The summed E-state index contributed by atoms with van der Waals surface area (Å²) in [5.41, 5.74) is 1.57. The largest absolute Gasteiger partial charge is 0.384 e. The van der Waals surface area contributed by atoms with Gasteiger partial charge in [0.05, 0.1) is 9.26 Å². The predicted molar refractivity (Wildman–Crippen MR) is 79.4 cm³/mol. The molecule has 0 bridgehead atoms. The molecule has 0 amide bonds. The first-order valence-corrected chi connectivity index (χ1v) is 6.99. The Bertz CT molecular complexity index is 598. The van der Waals surface area contributed by atoms with Crippen molar-refractivity contribution in [2.75, 3.05) is 11.9 Å². The summed E-state index contributed by atoms with van der Waals surface area (Å²) in [4.78, 5) is 11.7. The number of rotatable bonds is 5. The van der Waals surface area contributed by atoms with E-state index in [0.717, 1.165) is 23.0 Å². The zero-order valence-corrected chi connectivity index (χ0v) is 11.9. The molecule has 100 valence electrons. The fraction of sp³-hybridized carbons (Fsp3) is 0.231. The zero-order chi connectivity index (χ0) is 13.8. The maximum atomic E-state index is 10.8. The van der Waals surface area contributed by atoms with Crippen molar-refractivity contribution in [1.82, 2.24) is 0 Å². The Morgan fingerprint density at radius 3 is 2.79 bits per heavy atom. The lowest BCUT2D eigenvalue weighted by Crippen LogP contribution is -2.04. The highest BCUT2D eigenvalue weighted by Gasteiger charge is 2.10. The number of anilines is 1. The Hall–Kier alpha value is -1.59. The van der Waals surface area contributed by atoms with Crippen LogP contribution in [-0.4, -0.2) is 11.5 Å². The Labute approximate surface area is 120 Å². The Balaban J connectivity index is 1.96. The normalized spacial score (nSPS) is 10.4. The predicted octanol–water partition coefficient (Wildman–Crippen LogP) is 4.27. The molecule has 0 radical (unpaired) electrons. The average molecular weight is 297 g/mol. The minimum Gasteiger partial charge on any atom is -0.384 e. The van der Waals surface area contributed by atoms with Crippen molar-refractivity contribution in [1.29, 1.82) is 0 Å². The zero-order valence-electron chi connectivity index (χ0n) is 10.4. The summed E-state index contributed by atoms with van der Waals surface area (Å²) < 4.78 is 0.779. The number of halogens is 1. The van der Waals surface area contributed by atoms with E-state index in [1.807, 2.05) is 18.2 Å². The smallest absolute Gasteiger partial charge is 0.274 e. The fourth-order valence-electron chi connectivity index (χ4n) is 1.73. The molecule has 1 aromatic carbocycles. The molecular weight excluding hydrogens is 284 g/mol. The molecule has 19 heavy (non-hydrogen) atoms. The minimum absolute atomic E-state index is 0.143. The minimum atomic E-state index is -0.362. The van der Waals surface area contributed by atoms with Crippen LogP contribution >= 0.6 is 22.9 Å². The highest BCUT2D eigenvalue weighted by Crippen LogP contribution is 2.23. The van der Waals surface area contributed by atoms with Crippen LogP contribution in [0.25, 0.3) is 0 Å². The van der Waals surface area contributed by atoms with Crippen LogP contribution in [0.3, 0.4) is 0 Å². The number of nitro groups is 1. The van der Waals surface area contributed by atoms with Crippen LogP contribution in [0.1, 0.15) is 10.4 Å². The maximum Gasteiger partial charge on any atom is 0.274 e. The van der Waals surface area contributed by atoms with E-state index < -0.39 is 0 Å². The summed E-state index contributed by atoms with van der Waals surface area (Å²) in [6.07, 6.45) is 0.846. The van der Waals surface area contributed by atoms with Gasteiger partial charge in [0.1, 0.15) is 0 Å². The number of aryl methyl sites for hydroxylation is 1. The second kappa shape index (κ2) is 6.04. The van der Waals surface area contributed by atoms with Crippen molar-refractivity contribution in [3.8, 4) is 0 Å². The maximum absolute atomic E-state index is 10.8. The molecule has 4 nitrogen and oxygen atoms in total. The Morgan fingerprint density at radius 1 is 1.37 bits per heavy atom. The topological polar surface area (TPSA) is 55.2 Å². The second-order valence-electron chi connectivity index (χ2n) is 4.14. The third kappa shape index (κ3) is 3.68. The Kier molecular flexibility index (Phi) is 4.39. The molecule has 0 atom stereocenters. The van der Waals surface area contributed by atoms with Gasteiger partial charge in [0.25, 0.3) is 5.69 Å². The lowest BCUT2D eigenvalue weighted by Gasteiger charge is -2.06. The van der Waals surface area contributed by atoms with Gasteiger partial charge in [-0.05, 0) is 31.5 Å². The third-order valence-electron chi connectivity index (χ3n) is 2.74. The van der Waals surface area contributed by atoms with E-state index >= 15 is 0 Å². The van der Waals surface area contributed by atoms with E-state index in [4.69, 9.17) is 11.6 Å². The molecule has 0 fully saturated rings. The average Bonchev–Trinajstić information content (AvgIpc) is 2.77. The van der Waals surface area contributed by atoms with Gasteiger partial charge in [-0.25, -0.2) is 0 Å². The summed E-state index contributed by atoms with van der Waals surface area (Å²) in [6.45, 7) is 2.45. The molecule has 6 heteroatoms. The van der Waals surface area contributed by atoms with Gasteiger partial charge >= 0.3 is 0 Å². The molecule has 0 saturated carbocycles. The molecule has 0 saturated heterocycles. The highest BCUT2D eigenvalue weighted by molar-refractivity contribution is 7.16. The third-order valence-corrected chi connectivity index (χ3v) is 4.03. The SMILES string of the molecule is Cc1ccc(NCCc2ccc(Cl)s2)cc1[N+](=O)[O-]. The molecule has 1 heterocycles. The van der Waals surface area contributed by atoms with Crippen LogP contribution in [0, 0.1) is 17.0 Å². The molecule has 2 aromatic rings. The van der Waals surface area contributed by atoms with Crippen LogP contribution in [-0.2, 0) is 6.42 Å². The summed E-state index contributed by atoms with van der Waals surface area (Å²) in [6, 6.07) is 9.04. The first-order valence-electron chi connectivity index (χ1n) is 5.79. The van der Waals surface area contributed by atoms with Crippen LogP contribution in [0.4, 0.5) is 11.4 Å². The number of nitrogens with zero attached hydrogens (tertiary/aromatic N) is 1. The van der Waals surface area contributed by atoms with Crippen LogP contribution in [0.15, 0.2) is 30.3 Å². The van der Waals surface area contributed by atoms with E-state index in [-0.39, 0.29) is 10.6 Å². The van der Waals surface area contributed by atoms with Gasteiger partial charge in [-0.3, -0.25) is 10.1 Å². The van der Waals surface area contributed by atoms with Crippen molar-refractivity contribution in [2.24, 2.45) is 0 Å². The van der Waals surface area contributed by atoms with Gasteiger partial charge in [0.2, 0.25) is 0 Å². The second-order valence-corrected chi connectivity index (χ2v) is 5.94. The molecule has 1 N–H and O–H groups in total. The van der Waals surface area contributed by atoms with Gasteiger partial charge in [-0.2, -0.15) is 0 Å². The van der Waals surface area contributed by atoms with E-state index in [0.29, 0.717) is 5.56 Å². The molecule has 2 rings (SSSR count). The summed E-state index contributed by atoms with van der Waals surface area (Å²) >= 11 is 7.40. The number of benzene rings is 1. The summed E-state index contributed by atoms with van der Waals surface area (Å²) in [7, 11) is 0. The molecular formula is C13H13ClN2O2S. The molecule has 0 aliphatic heterocycles. The van der Waals surface area contributed by atoms with Crippen molar-refractivity contribution in [3.63, 3.8) is 0 Å². The number of nitrogens with one attached hydrogen (secondary N) is 1. The van der Waals surface area contributed by atoms with Crippen molar-refractivity contribution >= 4 is 34.3 Å². The first kappa shape index (κ1) is 13.8. The number of hydrogen-bond donors (Lipinski definition) is 1. The van der Waals surface area contributed by atoms with Crippen molar-refractivity contribution in [3.05, 3.63) is 55.2 Å². The van der Waals surface area contributed by atoms with E-state index in [2.05, 4.69) is 5.32 Å². The number of hydrogen-bond acceptors (Lipinski definition) is 4. The van der Waals surface area contributed by atoms with Crippen molar-refractivity contribution < 1.29 is 4.92 Å². The standard InChI is InChI=1S/C13H13ClN2O2S/c1-9-2-3-10(8-12(9)16(17)18)15-7-6-11-4-5-13(14)19-11/h2-5,8,15H,6-7H2,1H3. The van der Waals surface area contributed by atoms with Gasteiger partial charge in [0.15, 0.2) is 0 Å². The van der Waals surface area contributed by atoms with Gasteiger partial charge in [0, 0.05) is 28.7 Å². The molecule has 0 aliphatic carbocycles. The highest BCUT2D eigenvalue weighted by atomic mass is 35.5. The lowest BCUT2D eigenvalue weighted by molar-refractivity contribution is -0.385. The summed E-state index contributed by atoms with van der Waals surface area (Å²) in [5, 5.41) is 14.0. The fourth-order valence-corrected chi connectivity index (χ4v) is 2.82. The van der Waals surface area contributed by atoms with Gasteiger partial charge < -0.3 is 5.32 Å². The molecule has 0 spiro atoms. The molecule has 0 unspecified atom stereocenters. The monoisotopic (exact) mass is 296 g/mol. The first-order chi connectivity index (χ1) is 9.06. The van der Waals surface area contributed by atoms with Gasteiger partial charge in [-0.1, -0.05) is 17.7 Å². The number of thiophene rings is 1. The van der Waals surface area contributed by atoms with E-state index in [1.54, 1.807) is 30.4 Å². The summed E-state index contributed by atoms with van der Waals surface area (Å²) in [5.74, 6) is 0. The van der Waals surface area contributed by atoms with Crippen molar-refractivity contribution in [2.45, 2.75) is 13.3 Å².